The van der Waals surface area contributed by atoms with E-state index in [0.717, 1.165) is 22.1 Å². The molecule has 4 nitrogen and oxygen atoms in total. The van der Waals surface area contributed by atoms with Crippen LogP contribution in [-0.2, 0) is 0 Å². The summed E-state index contributed by atoms with van der Waals surface area (Å²) < 4.78 is 0. The normalized spacial score (nSPS) is 11.9. The number of nitrogens with one attached hydrogen (secondary N) is 2. The molecule has 1 atom stereocenters. The lowest BCUT2D eigenvalue weighted by Gasteiger charge is -2.11. The number of rotatable bonds is 5. The van der Waals surface area contributed by atoms with Gasteiger partial charge in [0.1, 0.15) is 5.01 Å². The van der Waals surface area contributed by atoms with Crippen molar-refractivity contribution in [2.45, 2.75) is 26.8 Å². The molecule has 1 unspecified atom stereocenters. The molecule has 0 radical (unpaired) electrons. The highest BCUT2D eigenvalue weighted by Gasteiger charge is 2.13. The molecule has 1 aromatic carbocycles. The first kappa shape index (κ1) is 14.5. The Labute approximate surface area is 123 Å². The van der Waals surface area contributed by atoms with Gasteiger partial charge >= 0.3 is 0 Å². The van der Waals surface area contributed by atoms with E-state index in [4.69, 9.17) is 0 Å². The van der Waals surface area contributed by atoms with Gasteiger partial charge in [-0.3, -0.25) is 4.79 Å². The van der Waals surface area contributed by atoms with Crippen molar-refractivity contribution in [1.82, 2.24) is 10.3 Å². The maximum Gasteiger partial charge on any atom is 0.251 e. The Hall–Kier alpha value is -1.88. The number of anilines is 1. The fourth-order valence-electron chi connectivity index (χ4n) is 1.86. The SMILES string of the molecule is CCNc1ccc(C(=O)NC(C)c2ncc(C)s2)cc1. The van der Waals surface area contributed by atoms with Crippen molar-refractivity contribution in [3.63, 3.8) is 0 Å². The van der Waals surface area contributed by atoms with E-state index in [0.29, 0.717) is 5.56 Å². The van der Waals surface area contributed by atoms with Gasteiger partial charge < -0.3 is 10.6 Å². The smallest absolute Gasteiger partial charge is 0.251 e. The van der Waals surface area contributed by atoms with Gasteiger partial charge in [0.15, 0.2) is 0 Å². The Morgan fingerprint density at radius 1 is 1.35 bits per heavy atom. The Morgan fingerprint density at radius 2 is 2.05 bits per heavy atom. The lowest BCUT2D eigenvalue weighted by molar-refractivity contribution is 0.0940. The summed E-state index contributed by atoms with van der Waals surface area (Å²) in [5, 5.41) is 7.10. The molecule has 0 spiro atoms. The first-order valence-corrected chi connectivity index (χ1v) is 7.49. The molecule has 2 rings (SSSR count). The van der Waals surface area contributed by atoms with Crippen LogP contribution in [0.25, 0.3) is 0 Å². The molecule has 2 aromatic rings. The Morgan fingerprint density at radius 3 is 2.60 bits per heavy atom. The highest BCUT2D eigenvalue weighted by atomic mass is 32.1. The van der Waals surface area contributed by atoms with E-state index in [1.165, 1.54) is 0 Å². The van der Waals surface area contributed by atoms with Crippen LogP contribution < -0.4 is 10.6 Å². The van der Waals surface area contributed by atoms with Crippen LogP contribution in [0.15, 0.2) is 30.5 Å². The van der Waals surface area contributed by atoms with Crippen LogP contribution in [0.2, 0.25) is 0 Å². The van der Waals surface area contributed by atoms with Crippen molar-refractivity contribution in [3.8, 4) is 0 Å². The maximum atomic E-state index is 12.1. The topological polar surface area (TPSA) is 54.0 Å². The molecule has 0 bridgehead atoms. The number of aromatic nitrogens is 1. The highest BCUT2D eigenvalue weighted by molar-refractivity contribution is 7.11. The van der Waals surface area contributed by atoms with Crippen molar-refractivity contribution in [2.75, 3.05) is 11.9 Å². The summed E-state index contributed by atoms with van der Waals surface area (Å²) in [5.74, 6) is -0.0756. The van der Waals surface area contributed by atoms with Crippen LogP contribution >= 0.6 is 11.3 Å². The summed E-state index contributed by atoms with van der Waals surface area (Å²) in [4.78, 5) is 17.6. The summed E-state index contributed by atoms with van der Waals surface area (Å²) in [5.41, 5.74) is 1.68. The molecule has 0 aliphatic carbocycles. The summed E-state index contributed by atoms with van der Waals surface area (Å²) in [7, 11) is 0. The van der Waals surface area contributed by atoms with Crippen LogP contribution in [0.4, 0.5) is 5.69 Å². The van der Waals surface area contributed by atoms with Crippen LogP contribution in [0, 0.1) is 6.92 Å². The molecule has 0 aliphatic heterocycles. The number of carbonyl (C=O) groups is 1. The van der Waals surface area contributed by atoms with Crippen molar-refractivity contribution in [2.24, 2.45) is 0 Å². The number of carbonyl (C=O) groups excluding carboxylic acids is 1. The van der Waals surface area contributed by atoms with E-state index in [2.05, 4.69) is 15.6 Å². The van der Waals surface area contributed by atoms with Gasteiger partial charge in [-0.2, -0.15) is 0 Å². The van der Waals surface area contributed by atoms with E-state index in [-0.39, 0.29) is 11.9 Å². The number of nitrogens with zero attached hydrogens (tertiary/aromatic N) is 1. The van der Waals surface area contributed by atoms with Crippen molar-refractivity contribution < 1.29 is 4.79 Å². The average Bonchev–Trinajstić information content (AvgIpc) is 2.86. The van der Waals surface area contributed by atoms with Gasteiger partial charge in [-0.05, 0) is 45.0 Å². The molecule has 106 valence electrons. The summed E-state index contributed by atoms with van der Waals surface area (Å²) in [6.07, 6.45) is 1.83. The minimum absolute atomic E-state index is 0.0744. The molecule has 5 heteroatoms. The van der Waals surface area contributed by atoms with E-state index >= 15 is 0 Å². The molecule has 0 saturated carbocycles. The van der Waals surface area contributed by atoms with E-state index in [1.54, 1.807) is 11.3 Å². The molecule has 1 aromatic heterocycles. The molecular formula is C15H19N3OS. The van der Waals surface area contributed by atoms with Crippen LogP contribution in [0.3, 0.4) is 0 Å². The molecular weight excluding hydrogens is 270 g/mol. The second-order valence-electron chi connectivity index (χ2n) is 4.61. The number of hydrogen-bond acceptors (Lipinski definition) is 4. The summed E-state index contributed by atoms with van der Waals surface area (Å²) in [6, 6.07) is 7.41. The Kier molecular flexibility index (Phi) is 4.74. The van der Waals surface area contributed by atoms with Crippen LogP contribution in [-0.4, -0.2) is 17.4 Å². The van der Waals surface area contributed by atoms with Crippen molar-refractivity contribution >= 4 is 22.9 Å². The van der Waals surface area contributed by atoms with Gasteiger partial charge in [0, 0.05) is 28.9 Å². The quantitative estimate of drug-likeness (QED) is 0.887. The minimum atomic E-state index is -0.0756. The van der Waals surface area contributed by atoms with E-state index in [1.807, 2.05) is 51.2 Å². The lowest BCUT2D eigenvalue weighted by atomic mass is 10.2. The maximum absolute atomic E-state index is 12.1. The molecule has 1 amide bonds. The molecule has 2 N–H and O–H groups in total. The predicted molar refractivity (Wildman–Crippen MR) is 83.3 cm³/mol. The third kappa shape index (κ3) is 3.57. The molecule has 0 saturated heterocycles. The fraction of sp³-hybridized carbons (Fsp3) is 0.333. The Balaban J connectivity index is 2.00. The Bertz CT molecular complexity index is 577. The number of benzene rings is 1. The number of amides is 1. The van der Waals surface area contributed by atoms with E-state index < -0.39 is 0 Å². The lowest BCUT2D eigenvalue weighted by Crippen LogP contribution is -2.26. The zero-order chi connectivity index (χ0) is 14.5. The predicted octanol–water partition coefficient (Wildman–Crippen LogP) is 3.37. The fourth-order valence-corrected chi connectivity index (χ4v) is 2.63. The van der Waals surface area contributed by atoms with Gasteiger partial charge in [0.05, 0.1) is 6.04 Å². The van der Waals surface area contributed by atoms with E-state index in [9.17, 15) is 4.79 Å². The third-order valence-electron chi connectivity index (χ3n) is 2.89. The molecule has 0 aliphatic rings. The van der Waals surface area contributed by atoms with Gasteiger partial charge in [-0.25, -0.2) is 4.98 Å². The first-order valence-electron chi connectivity index (χ1n) is 6.67. The van der Waals surface area contributed by atoms with Gasteiger partial charge in [-0.1, -0.05) is 0 Å². The van der Waals surface area contributed by atoms with Crippen LogP contribution in [0.5, 0.6) is 0 Å². The zero-order valence-corrected chi connectivity index (χ0v) is 12.8. The number of aryl methyl sites for hydroxylation is 1. The third-order valence-corrected chi connectivity index (χ3v) is 3.98. The minimum Gasteiger partial charge on any atom is -0.385 e. The van der Waals surface area contributed by atoms with Gasteiger partial charge in [0.25, 0.3) is 5.91 Å². The van der Waals surface area contributed by atoms with Gasteiger partial charge in [0.2, 0.25) is 0 Å². The highest BCUT2D eigenvalue weighted by Crippen LogP contribution is 2.19. The second-order valence-corrected chi connectivity index (χ2v) is 5.88. The van der Waals surface area contributed by atoms with Crippen molar-refractivity contribution in [1.29, 1.82) is 0 Å². The van der Waals surface area contributed by atoms with Crippen molar-refractivity contribution in [3.05, 3.63) is 45.9 Å². The number of thiazole rings is 1. The number of hydrogen-bond donors (Lipinski definition) is 2. The first-order chi connectivity index (χ1) is 9.60. The average molecular weight is 289 g/mol. The van der Waals surface area contributed by atoms with Gasteiger partial charge in [-0.15, -0.1) is 11.3 Å². The standard InChI is InChI=1S/C15H19N3OS/c1-4-16-13-7-5-12(6-8-13)14(19)18-11(3)15-17-9-10(2)20-15/h5-9,11,16H,4H2,1-3H3,(H,18,19). The molecule has 0 fully saturated rings. The molecule has 20 heavy (non-hydrogen) atoms. The largest absolute Gasteiger partial charge is 0.385 e. The zero-order valence-electron chi connectivity index (χ0n) is 11.9. The summed E-state index contributed by atoms with van der Waals surface area (Å²) >= 11 is 1.61. The summed E-state index contributed by atoms with van der Waals surface area (Å²) in [6.45, 7) is 6.86. The monoisotopic (exact) mass is 289 g/mol. The van der Waals surface area contributed by atoms with Crippen LogP contribution in [0.1, 0.15) is 40.1 Å². The second kappa shape index (κ2) is 6.52. The molecule has 1 heterocycles.